The average Bonchev–Trinajstić information content (AvgIpc) is 2.45. The summed E-state index contributed by atoms with van der Waals surface area (Å²) in [5.41, 5.74) is 6.16. The molecule has 0 bridgehead atoms. The number of hydrogen-bond acceptors (Lipinski definition) is 2. The van der Waals surface area contributed by atoms with E-state index in [2.05, 4.69) is 73.0 Å². The van der Waals surface area contributed by atoms with Crippen molar-refractivity contribution in [2.45, 2.75) is 32.2 Å². The Morgan fingerprint density at radius 2 is 1.64 bits per heavy atom. The topological polar surface area (TPSA) is 24.1 Å². The van der Waals surface area contributed by atoms with Crippen molar-refractivity contribution in [3.05, 3.63) is 65.2 Å². The molecule has 22 heavy (non-hydrogen) atoms. The lowest BCUT2D eigenvalue weighted by Crippen LogP contribution is -2.67. The van der Waals surface area contributed by atoms with Gasteiger partial charge in [-0.25, -0.2) is 0 Å². The van der Waals surface area contributed by atoms with Crippen LogP contribution in [-0.4, -0.2) is 13.1 Å². The van der Waals surface area contributed by atoms with Gasteiger partial charge in [-0.15, -0.1) is 0 Å². The van der Waals surface area contributed by atoms with E-state index in [9.17, 15) is 0 Å². The molecule has 0 amide bonds. The zero-order valence-electron chi connectivity index (χ0n) is 13.4. The third-order valence-electron chi connectivity index (χ3n) is 5.63. The van der Waals surface area contributed by atoms with Crippen molar-refractivity contribution >= 4 is 5.69 Å². The Morgan fingerprint density at radius 1 is 0.909 bits per heavy atom. The number of anilines is 1. The van der Waals surface area contributed by atoms with Gasteiger partial charge in [0.2, 0.25) is 0 Å². The van der Waals surface area contributed by atoms with Crippen LogP contribution < -0.4 is 10.6 Å². The van der Waals surface area contributed by atoms with E-state index in [0.717, 1.165) is 0 Å². The molecule has 1 saturated carbocycles. The monoisotopic (exact) mass is 292 g/mol. The van der Waals surface area contributed by atoms with Crippen LogP contribution in [0.5, 0.6) is 0 Å². The highest BCUT2D eigenvalue weighted by Gasteiger charge is 2.58. The Labute approximate surface area is 132 Å². The molecule has 2 aliphatic rings. The molecule has 1 heterocycles. The standard InChI is InChI=1S/C20H24N2/c1-15-7-6-10-18(16(15)2)20(11-19(12-20)13-21-14-19)22-17-8-4-3-5-9-17/h3-10,21-22H,11-14H2,1-2H3. The fourth-order valence-electron chi connectivity index (χ4n) is 4.37. The minimum absolute atomic E-state index is 0.0968. The van der Waals surface area contributed by atoms with Crippen LogP contribution in [0.3, 0.4) is 0 Å². The molecule has 2 heteroatoms. The van der Waals surface area contributed by atoms with Gasteiger partial charge in [0.05, 0.1) is 5.54 Å². The summed E-state index contributed by atoms with van der Waals surface area (Å²) in [7, 11) is 0. The van der Waals surface area contributed by atoms with Gasteiger partial charge in [0.25, 0.3) is 0 Å². The van der Waals surface area contributed by atoms with Crippen LogP contribution in [0.25, 0.3) is 0 Å². The average molecular weight is 292 g/mol. The summed E-state index contributed by atoms with van der Waals surface area (Å²) in [6.45, 7) is 6.84. The highest BCUT2D eigenvalue weighted by atomic mass is 15.1. The molecular weight excluding hydrogens is 268 g/mol. The zero-order valence-corrected chi connectivity index (χ0v) is 13.4. The van der Waals surface area contributed by atoms with Gasteiger partial charge in [-0.3, -0.25) is 0 Å². The Morgan fingerprint density at radius 3 is 2.27 bits per heavy atom. The molecule has 1 spiro atoms. The highest BCUT2D eigenvalue weighted by molar-refractivity contribution is 5.52. The van der Waals surface area contributed by atoms with Crippen LogP contribution in [0.15, 0.2) is 48.5 Å². The second-order valence-electron chi connectivity index (χ2n) is 7.28. The maximum Gasteiger partial charge on any atom is 0.0640 e. The van der Waals surface area contributed by atoms with Crippen molar-refractivity contribution < 1.29 is 0 Å². The lowest BCUT2D eigenvalue weighted by Gasteiger charge is -2.62. The fraction of sp³-hybridized carbons (Fsp3) is 0.400. The maximum atomic E-state index is 3.87. The first kappa shape index (κ1) is 13.8. The second kappa shape index (κ2) is 4.85. The summed E-state index contributed by atoms with van der Waals surface area (Å²) in [5.74, 6) is 0. The van der Waals surface area contributed by atoms with Crippen molar-refractivity contribution in [3.8, 4) is 0 Å². The smallest absolute Gasteiger partial charge is 0.0640 e. The van der Waals surface area contributed by atoms with Crippen LogP contribution in [0, 0.1) is 19.3 Å². The van der Waals surface area contributed by atoms with E-state index in [-0.39, 0.29) is 5.54 Å². The summed E-state index contributed by atoms with van der Waals surface area (Å²) in [6, 6.07) is 17.4. The number of rotatable bonds is 3. The molecular formula is C20H24N2. The SMILES string of the molecule is Cc1cccc(C2(Nc3ccccc3)CC3(CNC3)C2)c1C. The van der Waals surface area contributed by atoms with Crippen molar-refractivity contribution in [2.24, 2.45) is 5.41 Å². The van der Waals surface area contributed by atoms with E-state index < -0.39 is 0 Å². The summed E-state index contributed by atoms with van der Waals surface area (Å²) in [5, 5.41) is 7.33. The van der Waals surface area contributed by atoms with Gasteiger partial charge in [-0.2, -0.15) is 0 Å². The number of aryl methyl sites for hydroxylation is 1. The van der Waals surface area contributed by atoms with Gasteiger partial charge in [0, 0.05) is 24.2 Å². The summed E-state index contributed by atoms with van der Waals surface area (Å²) in [6.07, 6.45) is 2.46. The quantitative estimate of drug-likeness (QED) is 0.893. The van der Waals surface area contributed by atoms with E-state index in [4.69, 9.17) is 0 Å². The molecule has 114 valence electrons. The summed E-state index contributed by atoms with van der Waals surface area (Å²) >= 11 is 0. The summed E-state index contributed by atoms with van der Waals surface area (Å²) < 4.78 is 0. The van der Waals surface area contributed by atoms with Crippen LogP contribution in [0.2, 0.25) is 0 Å². The van der Waals surface area contributed by atoms with Gasteiger partial charge in [0.1, 0.15) is 0 Å². The van der Waals surface area contributed by atoms with Gasteiger partial charge < -0.3 is 10.6 Å². The third kappa shape index (κ3) is 2.05. The number of para-hydroxylation sites is 1. The van der Waals surface area contributed by atoms with Gasteiger partial charge in [-0.05, 0) is 55.5 Å². The Kier molecular flexibility index (Phi) is 3.05. The first-order valence-corrected chi connectivity index (χ1v) is 8.23. The number of nitrogens with one attached hydrogen (secondary N) is 2. The molecule has 2 fully saturated rings. The van der Waals surface area contributed by atoms with Crippen molar-refractivity contribution in [1.82, 2.24) is 5.32 Å². The molecule has 2 aromatic carbocycles. The van der Waals surface area contributed by atoms with Crippen LogP contribution in [-0.2, 0) is 5.54 Å². The van der Waals surface area contributed by atoms with Crippen molar-refractivity contribution in [1.29, 1.82) is 0 Å². The first-order valence-electron chi connectivity index (χ1n) is 8.23. The molecule has 4 rings (SSSR count). The van der Waals surface area contributed by atoms with Crippen LogP contribution in [0.4, 0.5) is 5.69 Å². The van der Waals surface area contributed by atoms with E-state index >= 15 is 0 Å². The van der Waals surface area contributed by atoms with Crippen molar-refractivity contribution in [2.75, 3.05) is 18.4 Å². The molecule has 1 aliphatic heterocycles. The Hall–Kier alpha value is -1.80. The minimum atomic E-state index is 0.0968. The molecule has 1 aliphatic carbocycles. The normalized spacial score (nSPS) is 21.0. The molecule has 2 N–H and O–H groups in total. The van der Waals surface area contributed by atoms with Gasteiger partial charge in [-0.1, -0.05) is 36.4 Å². The molecule has 0 atom stereocenters. The second-order valence-corrected chi connectivity index (χ2v) is 7.28. The highest BCUT2D eigenvalue weighted by Crippen LogP contribution is 2.58. The Balaban J connectivity index is 1.72. The molecule has 1 saturated heterocycles. The Bertz CT molecular complexity index is 678. The lowest BCUT2D eigenvalue weighted by molar-refractivity contribution is -0.0118. The summed E-state index contributed by atoms with van der Waals surface area (Å²) in [4.78, 5) is 0. The van der Waals surface area contributed by atoms with E-state index in [0.29, 0.717) is 5.41 Å². The van der Waals surface area contributed by atoms with Gasteiger partial charge >= 0.3 is 0 Å². The number of hydrogen-bond donors (Lipinski definition) is 2. The molecule has 2 nitrogen and oxygen atoms in total. The molecule has 2 aromatic rings. The molecule has 0 radical (unpaired) electrons. The molecule has 0 unspecified atom stereocenters. The predicted molar refractivity (Wildman–Crippen MR) is 92.2 cm³/mol. The maximum absolute atomic E-state index is 3.87. The van der Waals surface area contributed by atoms with E-state index in [1.54, 1.807) is 0 Å². The number of benzene rings is 2. The lowest BCUT2D eigenvalue weighted by atomic mass is 9.51. The van der Waals surface area contributed by atoms with E-state index in [1.165, 1.54) is 48.3 Å². The third-order valence-corrected chi connectivity index (χ3v) is 5.63. The minimum Gasteiger partial charge on any atom is -0.375 e. The largest absolute Gasteiger partial charge is 0.375 e. The molecule has 0 aromatic heterocycles. The predicted octanol–water partition coefficient (Wildman–Crippen LogP) is 3.99. The van der Waals surface area contributed by atoms with E-state index in [1.807, 2.05) is 0 Å². The van der Waals surface area contributed by atoms with Crippen LogP contribution in [0.1, 0.15) is 29.5 Å². The fourth-order valence-corrected chi connectivity index (χ4v) is 4.37. The zero-order chi connectivity index (χ0) is 15.2. The van der Waals surface area contributed by atoms with Crippen LogP contribution >= 0.6 is 0 Å². The van der Waals surface area contributed by atoms with Gasteiger partial charge in [0.15, 0.2) is 0 Å². The first-order chi connectivity index (χ1) is 10.6. The van der Waals surface area contributed by atoms with Crippen molar-refractivity contribution in [3.63, 3.8) is 0 Å².